The van der Waals surface area contributed by atoms with Gasteiger partial charge in [0, 0.05) is 3.57 Å². The molecule has 22 heavy (non-hydrogen) atoms. The van der Waals surface area contributed by atoms with Gasteiger partial charge in [-0.15, -0.1) is 0 Å². The summed E-state index contributed by atoms with van der Waals surface area (Å²) in [6.45, 7) is 6.42. The Morgan fingerprint density at radius 2 is 1.82 bits per heavy atom. The number of methoxy groups -OCH3 is 1. The van der Waals surface area contributed by atoms with Gasteiger partial charge in [0.05, 0.1) is 18.4 Å². The van der Waals surface area contributed by atoms with Crippen molar-refractivity contribution in [1.82, 2.24) is 0 Å². The van der Waals surface area contributed by atoms with Crippen LogP contribution in [0.25, 0.3) is 0 Å². The summed E-state index contributed by atoms with van der Waals surface area (Å²) in [5.74, 6) is 0.529. The molecule has 4 heteroatoms. The van der Waals surface area contributed by atoms with Crippen LogP contribution < -0.4 is 10.1 Å². The molecule has 1 amide bonds. The van der Waals surface area contributed by atoms with Gasteiger partial charge in [-0.25, -0.2) is 0 Å². The number of carbonyl (C=O) groups excluding carboxylic acids is 1. The Morgan fingerprint density at radius 3 is 2.41 bits per heavy atom. The van der Waals surface area contributed by atoms with E-state index in [1.165, 1.54) is 0 Å². The number of nitrogens with one attached hydrogen (secondary N) is 1. The monoisotopic (exact) mass is 409 g/mol. The molecule has 0 atom stereocenters. The summed E-state index contributed by atoms with van der Waals surface area (Å²) in [6, 6.07) is 13.4. The first-order chi connectivity index (χ1) is 10.3. The first-order valence-corrected chi connectivity index (χ1v) is 8.15. The van der Waals surface area contributed by atoms with Crippen molar-refractivity contribution in [2.45, 2.75) is 26.2 Å². The number of halogens is 1. The Balaban J connectivity index is 2.36. The van der Waals surface area contributed by atoms with E-state index in [-0.39, 0.29) is 11.3 Å². The fraction of sp³-hybridized carbons (Fsp3) is 0.278. The molecule has 0 aliphatic carbocycles. The molecule has 0 saturated carbocycles. The second kappa shape index (κ2) is 6.69. The van der Waals surface area contributed by atoms with Gasteiger partial charge in [-0.05, 0) is 57.8 Å². The summed E-state index contributed by atoms with van der Waals surface area (Å²) < 4.78 is 6.28. The topological polar surface area (TPSA) is 38.3 Å². The zero-order chi connectivity index (χ0) is 16.3. The van der Waals surface area contributed by atoms with Gasteiger partial charge in [-0.3, -0.25) is 4.79 Å². The number of amides is 1. The minimum atomic E-state index is -0.130. The zero-order valence-corrected chi connectivity index (χ0v) is 15.4. The molecule has 1 N–H and O–H groups in total. The Morgan fingerprint density at radius 1 is 1.14 bits per heavy atom. The highest BCUT2D eigenvalue weighted by molar-refractivity contribution is 14.1. The van der Waals surface area contributed by atoms with Crippen molar-refractivity contribution in [3.05, 3.63) is 57.2 Å². The van der Waals surface area contributed by atoms with Gasteiger partial charge in [0.15, 0.2) is 0 Å². The first-order valence-electron chi connectivity index (χ1n) is 7.07. The van der Waals surface area contributed by atoms with Gasteiger partial charge in [-0.1, -0.05) is 39.0 Å². The van der Waals surface area contributed by atoms with E-state index >= 15 is 0 Å². The second-order valence-electron chi connectivity index (χ2n) is 6.10. The molecule has 2 rings (SSSR count). The van der Waals surface area contributed by atoms with Crippen molar-refractivity contribution in [2.24, 2.45) is 0 Å². The van der Waals surface area contributed by atoms with Crippen molar-refractivity contribution in [3.63, 3.8) is 0 Å². The quantitative estimate of drug-likeness (QED) is 0.737. The number of benzene rings is 2. The molecule has 0 bridgehead atoms. The van der Waals surface area contributed by atoms with E-state index in [0.717, 1.165) is 9.13 Å². The average Bonchev–Trinajstić information content (AvgIpc) is 2.46. The average molecular weight is 409 g/mol. The number of ether oxygens (including phenoxy) is 1. The van der Waals surface area contributed by atoms with E-state index in [9.17, 15) is 4.79 Å². The van der Waals surface area contributed by atoms with E-state index in [1.807, 2.05) is 42.5 Å². The smallest absolute Gasteiger partial charge is 0.256 e. The number of rotatable bonds is 3. The van der Waals surface area contributed by atoms with Crippen molar-refractivity contribution in [3.8, 4) is 5.75 Å². The number of hydrogen-bond acceptors (Lipinski definition) is 2. The van der Waals surface area contributed by atoms with Crippen LogP contribution in [0.1, 0.15) is 36.7 Å². The summed E-state index contributed by atoms with van der Waals surface area (Å²) in [5, 5.41) is 2.96. The molecule has 2 aromatic rings. The van der Waals surface area contributed by atoms with E-state index in [2.05, 4.69) is 48.7 Å². The van der Waals surface area contributed by atoms with Gasteiger partial charge < -0.3 is 10.1 Å². The SMILES string of the molecule is COc1ccc(C(C)(C)C)cc1NC(=O)c1ccccc1I. The lowest BCUT2D eigenvalue weighted by atomic mass is 9.87. The molecular weight excluding hydrogens is 389 g/mol. The number of carbonyl (C=O) groups is 1. The van der Waals surface area contributed by atoms with Crippen LogP contribution >= 0.6 is 22.6 Å². The van der Waals surface area contributed by atoms with Gasteiger partial charge in [0.2, 0.25) is 0 Å². The minimum absolute atomic E-state index is 0.00686. The molecule has 2 aromatic carbocycles. The lowest BCUT2D eigenvalue weighted by Crippen LogP contribution is -2.16. The van der Waals surface area contributed by atoms with Crippen LogP contribution in [-0.4, -0.2) is 13.0 Å². The summed E-state index contributed by atoms with van der Waals surface area (Å²) in [7, 11) is 1.61. The van der Waals surface area contributed by atoms with Crippen LogP contribution in [0, 0.1) is 3.57 Å². The van der Waals surface area contributed by atoms with E-state index in [1.54, 1.807) is 7.11 Å². The Bertz CT molecular complexity index is 690. The summed E-state index contributed by atoms with van der Waals surface area (Å²) in [4.78, 5) is 12.5. The summed E-state index contributed by atoms with van der Waals surface area (Å²) in [5.41, 5.74) is 2.50. The van der Waals surface area contributed by atoms with Gasteiger partial charge >= 0.3 is 0 Å². The van der Waals surface area contributed by atoms with Crippen molar-refractivity contribution < 1.29 is 9.53 Å². The maximum absolute atomic E-state index is 12.5. The van der Waals surface area contributed by atoms with Gasteiger partial charge in [-0.2, -0.15) is 0 Å². The first kappa shape index (κ1) is 16.8. The predicted octanol–water partition coefficient (Wildman–Crippen LogP) is 4.85. The third-order valence-electron chi connectivity index (χ3n) is 3.43. The minimum Gasteiger partial charge on any atom is -0.495 e. The van der Waals surface area contributed by atoms with Crippen LogP contribution in [-0.2, 0) is 5.41 Å². The molecule has 0 radical (unpaired) electrons. The Labute approximate surface area is 145 Å². The normalized spacial score (nSPS) is 11.1. The largest absolute Gasteiger partial charge is 0.495 e. The lowest BCUT2D eigenvalue weighted by molar-refractivity contribution is 0.102. The molecule has 0 aromatic heterocycles. The molecule has 0 fully saturated rings. The molecule has 0 unspecified atom stereocenters. The molecule has 0 aliphatic rings. The molecule has 0 saturated heterocycles. The standard InChI is InChI=1S/C18H20INO2/c1-18(2,3)12-9-10-16(22-4)15(11-12)20-17(21)13-7-5-6-8-14(13)19/h5-11H,1-4H3,(H,20,21). The van der Waals surface area contributed by atoms with E-state index in [4.69, 9.17) is 4.74 Å². The Kier molecular flexibility index (Phi) is 5.11. The highest BCUT2D eigenvalue weighted by Crippen LogP contribution is 2.31. The van der Waals surface area contributed by atoms with Gasteiger partial charge in [0.1, 0.15) is 5.75 Å². The van der Waals surface area contributed by atoms with Crippen LogP contribution in [0.5, 0.6) is 5.75 Å². The third-order valence-corrected chi connectivity index (χ3v) is 4.37. The van der Waals surface area contributed by atoms with Crippen LogP contribution in [0.3, 0.4) is 0 Å². The van der Waals surface area contributed by atoms with Crippen LogP contribution in [0.15, 0.2) is 42.5 Å². The maximum Gasteiger partial charge on any atom is 0.256 e. The van der Waals surface area contributed by atoms with Gasteiger partial charge in [0.25, 0.3) is 5.91 Å². The molecular formula is C18H20INO2. The van der Waals surface area contributed by atoms with Crippen molar-refractivity contribution in [2.75, 3.05) is 12.4 Å². The molecule has 0 aliphatic heterocycles. The highest BCUT2D eigenvalue weighted by atomic mass is 127. The van der Waals surface area contributed by atoms with E-state index in [0.29, 0.717) is 17.0 Å². The molecule has 3 nitrogen and oxygen atoms in total. The summed E-state index contributed by atoms with van der Waals surface area (Å²) in [6.07, 6.45) is 0. The van der Waals surface area contributed by atoms with E-state index < -0.39 is 0 Å². The lowest BCUT2D eigenvalue weighted by Gasteiger charge is -2.21. The van der Waals surface area contributed by atoms with Crippen LogP contribution in [0.2, 0.25) is 0 Å². The highest BCUT2D eigenvalue weighted by Gasteiger charge is 2.18. The third kappa shape index (κ3) is 3.80. The fourth-order valence-corrected chi connectivity index (χ4v) is 2.74. The number of hydrogen-bond donors (Lipinski definition) is 1. The molecule has 116 valence electrons. The maximum atomic E-state index is 12.5. The Hall–Kier alpha value is -1.56. The fourth-order valence-electron chi connectivity index (χ4n) is 2.11. The molecule has 0 spiro atoms. The predicted molar refractivity (Wildman–Crippen MR) is 98.8 cm³/mol. The summed E-state index contributed by atoms with van der Waals surface area (Å²) >= 11 is 2.16. The van der Waals surface area contributed by atoms with Crippen molar-refractivity contribution in [1.29, 1.82) is 0 Å². The molecule has 0 heterocycles. The van der Waals surface area contributed by atoms with Crippen molar-refractivity contribution >= 4 is 34.2 Å². The zero-order valence-electron chi connectivity index (χ0n) is 13.2. The second-order valence-corrected chi connectivity index (χ2v) is 7.26. The number of anilines is 1. The van der Waals surface area contributed by atoms with Crippen LogP contribution in [0.4, 0.5) is 5.69 Å².